The van der Waals surface area contributed by atoms with Gasteiger partial charge in [0.2, 0.25) is 0 Å². The molecule has 2 heterocycles. The molecule has 9 nitrogen and oxygen atoms in total. The zero-order valence-electron chi connectivity index (χ0n) is 18.7. The Morgan fingerprint density at radius 2 is 1.26 bits per heavy atom. The molecule has 4 rings (SSSR count). The van der Waals surface area contributed by atoms with E-state index < -0.39 is 11.9 Å². The van der Waals surface area contributed by atoms with E-state index in [0.717, 1.165) is 4.90 Å². The standard InChI is InChI=1S/C25H24N2O7/c1-33-13-6-12-27-23(30)19-10-9-16(15-20(19)24(27)31)25(32)34-14-5-4-11-26-21(28)17-7-2-3-8-18(17)22(26)29/h2-3,7-10,15H,4-6,11-14H2,1H3. The number of unbranched alkanes of at least 4 members (excludes halogenated alkanes) is 1. The van der Waals surface area contributed by atoms with E-state index in [2.05, 4.69) is 0 Å². The molecule has 0 bridgehead atoms. The Morgan fingerprint density at radius 3 is 1.88 bits per heavy atom. The molecular formula is C25H24N2O7. The summed E-state index contributed by atoms with van der Waals surface area (Å²) in [6, 6.07) is 11.0. The summed E-state index contributed by atoms with van der Waals surface area (Å²) in [5, 5.41) is 0. The smallest absolute Gasteiger partial charge is 0.338 e. The molecule has 34 heavy (non-hydrogen) atoms. The Morgan fingerprint density at radius 1 is 0.706 bits per heavy atom. The van der Waals surface area contributed by atoms with Crippen LogP contribution in [0, 0.1) is 0 Å². The maximum atomic E-state index is 12.6. The number of ether oxygens (including phenoxy) is 2. The van der Waals surface area contributed by atoms with Crippen molar-refractivity contribution in [2.24, 2.45) is 0 Å². The number of amides is 4. The van der Waals surface area contributed by atoms with Crippen LogP contribution in [0.1, 0.15) is 71.1 Å². The fourth-order valence-corrected chi connectivity index (χ4v) is 4.05. The van der Waals surface area contributed by atoms with Crippen LogP contribution in [-0.4, -0.2) is 72.8 Å². The highest BCUT2D eigenvalue weighted by atomic mass is 16.5. The van der Waals surface area contributed by atoms with Crippen molar-refractivity contribution < 1.29 is 33.4 Å². The van der Waals surface area contributed by atoms with Crippen molar-refractivity contribution in [3.8, 4) is 0 Å². The lowest BCUT2D eigenvalue weighted by Crippen LogP contribution is -2.31. The number of hydrogen-bond acceptors (Lipinski definition) is 7. The van der Waals surface area contributed by atoms with E-state index in [1.165, 1.54) is 23.1 Å². The minimum Gasteiger partial charge on any atom is -0.462 e. The second-order valence-electron chi connectivity index (χ2n) is 8.02. The first kappa shape index (κ1) is 23.3. The SMILES string of the molecule is COCCCN1C(=O)c2ccc(C(=O)OCCCCN3C(=O)c4ccccc4C3=O)cc2C1=O. The summed E-state index contributed by atoms with van der Waals surface area (Å²) in [5.41, 5.74) is 1.43. The van der Waals surface area contributed by atoms with Crippen LogP contribution in [0.5, 0.6) is 0 Å². The van der Waals surface area contributed by atoms with E-state index in [4.69, 9.17) is 9.47 Å². The van der Waals surface area contributed by atoms with Gasteiger partial charge in [0.1, 0.15) is 0 Å². The Labute approximate surface area is 196 Å². The molecule has 0 fully saturated rings. The van der Waals surface area contributed by atoms with Crippen LogP contribution in [-0.2, 0) is 9.47 Å². The minimum absolute atomic E-state index is 0.0924. The molecule has 0 N–H and O–H groups in total. The molecule has 2 aromatic rings. The van der Waals surface area contributed by atoms with Gasteiger partial charge in [-0.1, -0.05) is 12.1 Å². The highest BCUT2D eigenvalue weighted by Gasteiger charge is 2.36. The molecule has 0 unspecified atom stereocenters. The van der Waals surface area contributed by atoms with Gasteiger partial charge in [0.15, 0.2) is 0 Å². The molecular weight excluding hydrogens is 440 g/mol. The van der Waals surface area contributed by atoms with E-state index in [-0.39, 0.29) is 54.1 Å². The first-order valence-electron chi connectivity index (χ1n) is 11.1. The summed E-state index contributed by atoms with van der Waals surface area (Å²) in [7, 11) is 1.55. The minimum atomic E-state index is -0.610. The van der Waals surface area contributed by atoms with Crippen molar-refractivity contribution in [3.63, 3.8) is 0 Å². The average molecular weight is 464 g/mol. The molecule has 2 aromatic carbocycles. The van der Waals surface area contributed by atoms with Crippen molar-refractivity contribution in [2.75, 3.05) is 33.4 Å². The number of carbonyl (C=O) groups excluding carboxylic acids is 5. The monoisotopic (exact) mass is 464 g/mol. The van der Waals surface area contributed by atoms with E-state index in [0.29, 0.717) is 37.0 Å². The number of hydrogen-bond donors (Lipinski definition) is 0. The molecule has 0 aliphatic carbocycles. The molecule has 0 aromatic heterocycles. The Balaban J connectivity index is 1.27. The number of nitrogens with zero attached hydrogens (tertiary/aromatic N) is 2. The van der Waals surface area contributed by atoms with Gasteiger partial charge in [-0.05, 0) is 49.6 Å². The zero-order valence-corrected chi connectivity index (χ0v) is 18.7. The normalized spacial score (nSPS) is 14.6. The highest BCUT2D eigenvalue weighted by Crippen LogP contribution is 2.25. The van der Waals surface area contributed by atoms with Crippen molar-refractivity contribution >= 4 is 29.6 Å². The number of esters is 1. The summed E-state index contributed by atoms with van der Waals surface area (Å²) in [6.45, 7) is 0.998. The van der Waals surface area contributed by atoms with E-state index in [1.54, 1.807) is 31.4 Å². The van der Waals surface area contributed by atoms with Crippen molar-refractivity contribution in [1.29, 1.82) is 0 Å². The molecule has 2 aliphatic rings. The van der Waals surface area contributed by atoms with Gasteiger partial charge in [-0.3, -0.25) is 29.0 Å². The summed E-state index contributed by atoms with van der Waals surface area (Å²) in [6.07, 6.45) is 1.46. The Hall–Kier alpha value is -3.85. The molecule has 0 radical (unpaired) electrons. The van der Waals surface area contributed by atoms with Crippen molar-refractivity contribution in [2.45, 2.75) is 19.3 Å². The Bertz CT molecular complexity index is 1140. The van der Waals surface area contributed by atoms with Crippen LogP contribution in [0.2, 0.25) is 0 Å². The molecule has 0 spiro atoms. The first-order valence-corrected chi connectivity index (χ1v) is 11.1. The number of benzene rings is 2. The van der Waals surface area contributed by atoms with E-state index >= 15 is 0 Å². The summed E-state index contributed by atoms with van der Waals surface area (Å²) in [4.78, 5) is 64.5. The number of fused-ring (bicyclic) bond motifs is 2. The lowest BCUT2D eigenvalue weighted by molar-refractivity contribution is 0.0485. The lowest BCUT2D eigenvalue weighted by atomic mass is 10.1. The Kier molecular flexibility index (Phi) is 6.83. The van der Waals surface area contributed by atoms with Crippen LogP contribution in [0.3, 0.4) is 0 Å². The maximum Gasteiger partial charge on any atom is 0.338 e. The van der Waals surface area contributed by atoms with Crippen molar-refractivity contribution in [3.05, 3.63) is 70.3 Å². The van der Waals surface area contributed by atoms with Crippen LogP contribution < -0.4 is 0 Å². The second-order valence-corrected chi connectivity index (χ2v) is 8.02. The van der Waals surface area contributed by atoms with Gasteiger partial charge in [-0.15, -0.1) is 0 Å². The molecule has 0 saturated carbocycles. The lowest BCUT2D eigenvalue weighted by Gasteiger charge is -2.13. The highest BCUT2D eigenvalue weighted by molar-refractivity contribution is 6.22. The summed E-state index contributed by atoms with van der Waals surface area (Å²) < 4.78 is 10.2. The first-order chi connectivity index (χ1) is 16.4. The predicted octanol–water partition coefficient (Wildman–Crippen LogP) is 2.55. The van der Waals surface area contributed by atoms with E-state index in [9.17, 15) is 24.0 Å². The van der Waals surface area contributed by atoms with E-state index in [1.807, 2.05) is 0 Å². The number of carbonyl (C=O) groups is 5. The van der Waals surface area contributed by atoms with Gasteiger partial charge >= 0.3 is 5.97 Å². The van der Waals surface area contributed by atoms with Gasteiger partial charge < -0.3 is 9.47 Å². The molecule has 0 atom stereocenters. The van der Waals surface area contributed by atoms with Gasteiger partial charge in [0.05, 0.1) is 34.4 Å². The molecule has 0 saturated heterocycles. The van der Waals surface area contributed by atoms with Gasteiger partial charge in [-0.2, -0.15) is 0 Å². The second kappa shape index (κ2) is 9.96. The largest absolute Gasteiger partial charge is 0.462 e. The molecule has 4 amide bonds. The molecule has 2 aliphatic heterocycles. The van der Waals surface area contributed by atoms with Crippen molar-refractivity contribution in [1.82, 2.24) is 9.80 Å². The fraction of sp³-hybridized carbons (Fsp3) is 0.320. The zero-order chi connectivity index (χ0) is 24.2. The number of imide groups is 2. The van der Waals surface area contributed by atoms with Crippen LogP contribution in [0.25, 0.3) is 0 Å². The van der Waals surface area contributed by atoms with Crippen LogP contribution >= 0.6 is 0 Å². The maximum absolute atomic E-state index is 12.6. The predicted molar refractivity (Wildman–Crippen MR) is 120 cm³/mol. The van der Waals surface area contributed by atoms with Crippen LogP contribution in [0.4, 0.5) is 0 Å². The third-order valence-corrected chi connectivity index (χ3v) is 5.82. The van der Waals surface area contributed by atoms with Gasteiger partial charge in [-0.25, -0.2) is 4.79 Å². The molecule has 176 valence electrons. The van der Waals surface area contributed by atoms with Crippen LogP contribution in [0.15, 0.2) is 42.5 Å². The summed E-state index contributed by atoms with van der Waals surface area (Å²) in [5.74, 6) is -2.06. The summed E-state index contributed by atoms with van der Waals surface area (Å²) >= 11 is 0. The van der Waals surface area contributed by atoms with Gasteiger partial charge in [0, 0.05) is 26.8 Å². The topological polar surface area (TPSA) is 110 Å². The third-order valence-electron chi connectivity index (χ3n) is 5.82. The number of rotatable bonds is 10. The third kappa shape index (κ3) is 4.34. The fourth-order valence-electron chi connectivity index (χ4n) is 4.05. The molecule has 9 heteroatoms. The average Bonchev–Trinajstić information content (AvgIpc) is 3.24. The number of methoxy groups -OCH3 is 1. The quantitative estimate of drug-likeness (QED) is 0.302. The van der Waals surface area contributed by atoms with Gasteiger partial charge in [0.25, 0.3) is 23.6 Å².